The minimum absolute atomic E-state index is 0.0183. The fraction of sp³-hybridized carbons (Fsp3) is 0.208. The Morgan fingerprint density at radius 2 is 1.77 bits per heavy atom. The Kier molecular flexibility index (Phi) is 6.62. The molecule has 0 unspecified atom stereocenters. The lowest BCUT2D eigenvalue weighted by molar-refractivity contribution is -0.123. The van der Waals surface area contributed by atoms with Crippen LogP contribution in [-0.4, -0.2) is 48.4 Å². The lowest BCUT2D eigenvalue weighted by Crippen LogP contribution is -2.50. The molecule has 4 aromatic rings. The van der Waals surface area contributed by atoms with Gasteiger partial charge in [0.2, 0.25) is 15.9 Å². The van der Waals surface area contributed by atoms with Gasteiger partial charge in [-0.1, -0.05) is 48.5 Å². The first kappa shape index (κ1) is 23.2. The van der Waals surface area contributed by atoms with Crippen LogP contribution in [0.3, 0.4) is 0 Å². The number of amides is 1. The smallest absolute Gasteiger partial charge is 0.243 e. The first-order chi connectivity index (χ1) is 17.0. The van der Waals surface area contributed by atoms with Gasteiger partial charge in [0, 0.05) is 0 Å². The first-order valence-corrected chi connectivity index (χ1v) is 13.1. The van der Waals surface area contributed by atoms with E-state index in [9.17, 15) is 13.2 Å². The number of hydrogen-bond donors (Lipinski definition) is 2. The molecule has 2 atom stereocenters. The summed E-state index contributed by atoms with van der Waals surface area (Å²) in [4.78, 5) is 13.2. The highest BCUT2D eigenvalue weighted by Crippen LogP contribution is 2.30. The Bertz CT molecular complexity index is 1440. The third-order valence-electron chi connectivity index (χ3n) is 5.51. The average molecular weight is 511 g/mol. The highest BCUT2D eigenvalue weighted by molar-refractivity contribution is 7.89. The lowest BCUT2D eigenvalue weighted by atomic mass is 10.1. The van der Waals surface area contributed by atoms with E-state index >= 15 is 0 Å². The number of para-hydroxylation sites is 2. The summed E-state index contributed by atoms with van der Waals surface area (Å²) in [6, 6.07) is 20.2. The summed E-state index contributed by atoms with van der Waals surface area (Å²) in [6.45, 7) is 0.428. The number of rotatable bonds is 8. The van der Waals surface area contributed by atoms with Gasteiger partial charge in [-0.25, -0.2) is 8.42 Å². The molecular formula is C24H22N4O5S2. The van der Waals surface area contributed by atoms with Crippen molar-refractivity contribution < 1.29 is 22.7 Å². The minimum atomic E-state index is -4.07. The molecule has 35 heavy (non-hydrogen) atoms. The molecule has 0 fully saturated rings. The number of ether oxygens (including phenoxy) is 2. The normalized spacial score (nSPS) is 16.1. The summed E-state index contributed by atoms with van der Waals surface area (Å²) in [5.74, 6) is 0.781. The van der Waals surface area contributed by atoms with Crippen molar-refractivity contribution >= 4 is 38.7 Å². The second-order valence-corrected chi connectivity index (χ2v) is 10.2. The fourth-order valence-corrected chi connectivity index (χ4v) is 5.75. The first-order valence-electron chi connectivity index (χ1n) is 10.9. The average Bonchev–Trinajstić information content (AvgIpc) is 3.36. The zero-order valence-electron chi connectivity index (χ0n) is 18.5. The molecule has 1 aliphatic heterocycles. The van der Waals surface area contributed by atoms with E-state index < -0.39 is 28.1 Å². The van der Waals surface area contributed by atoms with Crippen molar-refractivity contribution in [2.75, 3.05) is 13.2 Å². The number of nitrogens with one attached hydrogen (secondary N) is 2. The maximum absolute atomic E-state index is 13.3. The van der Waals surface area contributed by atoms with Gasteiger partial charge >= 0.3 is 0 Å². The standard InChI is InChI=1S/C24H22N4O5S2/c29-24(25-14-17-15-32-20-10-4-5-11-21(20)33-17)19(13-16-7-2-1-3-8-16)28-35(30,31)22-12-6-9-18-23(22)27-34-26-18/h1-12,17,19,28H,13-15H2,(H,25,29)/t17-,19+/m0/s1. The van der Waals surface area contributed by atoms with Gasteiger partial charge in [-0.3, -0.25) is 4.79 Å². The second-order valence-electron chi connectivity index (χ2n) is 7.99. The minimum Gasteiger partial charge on any atom is -0.486 e. The van der Waals surface area contributed by atoms with Crippen molar-refractivity contribution in [3.8, 4) is 11.5 Å². The molecule has 3 aromatic carbocycles. The molecule has 0 spiro atoms. The Morgan fingerprint density at radius 1 is 1.00 bits per heavy atom. The van der Waals surface area contributed by atoms with Gasteiger partial charge in [0.25, 0.3) is 0 Å². The third kappa shape index (κ3) is 5.26. The van der Waals surface area contributed by atoms with E-state index in [4.69, 9.17) is 9.47 Å². The molecule has 1 amide bonds. The number of carbonyl (C=O) groups excluding carboxylic acids is 1. The predicted molar refractivity (Wildman–Crippen MR) is 131 cm³/mol. The number of carbonyl (C=O) groups is 1. The van der Waals surface area contributed by atoms with Crippen molar-refractivity contribution in [1.29, 1.82) is 0 Å². The molecule has 0 aliphatic carbocycles. The van der Waals surface area contributed by atoms with Gasteiger partial charge in [0.1, 0.15) is 34.7 Å². The quantitative estimate of drug-likeness (QED) is 0.374. The molecule has 0 bridgehead atoms. The van der Waals surface area contributed by atoms with E-state index in [1.54, 1.807) is 18.2 Å². The number of sulfonamides is 1. The Morgan fingerprint density at radius 3 is 2.60 bits per heavy atom. The Labute approximate surface area is 206 Å². The number of aromatic nitrogens is 2. The molecule has 11 heteroatoms. The van der Waals surface area contributed by atoms with Crippen molar-refractivity contribution in [1.82, 2.24) is 18.8 Å². The van der Waals surface area contributed by atoms with Gasteiger partial charge < -0.3 is 14.8 Å². The van der Waals surface area contributed by atoms with Crippen LogP contribution >= 0.6 is 11.7 Å². The van der Waals surface area contributed by atoms with Crippen LogP contribution in [-0.2, 0) is 21.2 Å². The van der Waals surface area contributed by atoms with Crippen LogP contribution in [0, 0.1) is 0 Å². The molecule has 2 N–H and O–H groups in total. The van der Waals surface area contributed by atoms with Gasteiger partial charge in [-0.2, -0.15) is 13.5 Å². The van der Waals surface area contributed by atoms with E-state index in [0.717, 1.165) is 17.3 Å². The molecular weight excluding hydrogens is 488 g/mol. The van der Waals surface area contributed by atoms with Crippen LogP contribution in [0.5, 0.6) is 11.5 Å². The summed E-state index contributed by atoms with van der Waals surface area (Å²) in [7, 11) is -4.07. The van der Waals surface area contributed by atoms with Crippen LogP contribution in [0.4, 0.5) is 0 Å². The maximum Gasteiger partial charge on any atom is 0.243 e. The highest BCUT2D eigenvalue weighted by Gasteiger charge is 2.29. The summed E-state index contributed by atoms with van der Waals surface area (Å²) in [5.41, 5.74) is 1.57. The number of nitrogens with zero attached hydrogens (tertiary/aromatic N) is 2. The topological polar surface area (TPSA) is 120 Å². The second kappa shape index (κ2) is 9.98. The molecule has 0 saturated carbocycles. The van der Waals surface area contributed by atoms with Crippen molar-refractivity contribution in [3.05, 3.63) is 78.4 Å². The maximum atomic E-state index is 13.3. The summed E-state index contributed by atoms with van der Waals surface area (Å²) in [5, 5.41) is 2.81. The summed E-state index contributed by atoms with van der Waals surface area (Å²) >= 11 is 0.933. The molecule has 180 valence electrons. The molecule has 5 rings (SSSR count). The van der Waals surface area contributed by atoms with Crippen molar-refractivity contribution in [3.63, 3.8) is 0 Å². The van der Waals surface area contributed by atoms with E-state index in [1.165, 1.54) is 6.07 Å². The van der Waals surface area contributed by atoms with Crippen LogP contribution < -0.4 is 19.5 Å². The van der Waals surface area contributed by atoms with Crippen LogP contribution in [0.15, 0.2) is 77.7 Å². The zero-order valence-corrected chi connectivity index (χ0v) is 20.1. The van der Waals surface area contributed by atoms with Crippen LogP contribution in [0.1, 0.15) is 5.56 Å². The number of fused-ring (bicyclic) bond motifs is 2. The van der Waals surface area contributed by atoms with Gasteiger partial charge in [-0.15, -0.1) is 0 Å². The highest BCUT2D eigenvalue weighted by atomic mass is 32.2. The molecule has 2 heterocycles. The van der Waals surface area contributed by atoms with Crippen LogP contribution in [0.25, 0.3) is 11.0 Å². The SMILES string of the molecule is O=C(NC[C@H]1COc2ccccc2O1)[C@@H](Cc1ccccc1)NS(=O)(=O)c1cccc2nsnc12. The van der Waals surface area contributed by atoms with E-state index in [-0.39, 0.29) is 30.0 Å². The van der Waals surface area contributed by atoms with Gasteiger partial charge in [-0.05, 0) is 36.2 Å². The predicted octanol–water partition coefficient (Wildman–Crippen LogP) is 2.54. The van der Waals surface area contributed by atoms with Gasteiger partial charge in [0.15, 0.2) is 11.5 Å². The van der Waals surface area contributed by atoms with Crippen molar-refractivity contribution in [2.45, 2.75) is 23.5 Å². The zero-order chi connectivity index (χ0) is 24.3. The molecule has 9 nitrogen and oxygen atoms in total. The Hall–Kier alpha value is -3.54. The summed E-state index contributed by atoms with van der Waals surface area (Å²) in [6.07, 6.45) is -0.236. The number of hydrogen-bond acceptors (Lipinski definition) is 8. The molecule has 0 radical (unpaired) electrons. The largest absolute Gasteiger partial charge is 0.486 e. The van der Waals surface area contributed by atoms with Crippen molar-refractivity contribution in [2.24, 2.45) is 0 Å². The van der Waals surface area contributed by atoms with Gasteiger partial charge in [0.05, 0.1) is 18.3 Å². The van der Waals surface area contributed by atoms with E-state index in [1.807, 2.05) is 48.5 Å². The van der Waals surface area contributed by atoms with Crippen LogP contribution in [0.2, 0.25) is 0 Å². The summed E-state index contributed by atoms with van der Waals surface area (Å²) < 4.78 is 49.0. The monoisotopic (exact) mass is 510 g/mol. The Balaban J connectivity index is 1.33. The lowest BCUT2D eigenvalue weighted by Gasteiger charge is -2.27. The fourth-order valence-electron chi connectivity index (χ4n) is 3.79. The van der Waals surface area contributed by atoms with E-state index in [2.05, 4.69) is 18.8 Å². The third-order valence-corrected chi connectivity index (χ3v) is 7.55. The van der Waals surface area contributed by atoms with E-state index in [0.29, 0.717) is 17.0 Å². The molecule has 1 aromatic heterocycles. The number of benzene rings is 3. The molecule has 1 aliphatic rings. The molecule has 0 saturated heterocycles.